The summed E-state index contributed by atoms with van der Waals surface area (Å²) in [5, 5.41) is 0. The van der Waals surface area contributed by atoms with E-state index < -0.39 is 0 Å². The van der Waals surface area contributed by atoms with Crippen LogP contribution in [-0.4, -0.2) is 164 Å². The van der Waals surface area contributed by atoms with E-state index in [-0.39, 0.29) is 0 Å². The zero-order chi connectivity index (χ0) is 30.9. The van der Waals surface area contributed by atoms with Gasteiger partial charge in [-0.3, -0.25) is 0 Å². The minimum Gasteiger partial charge on any atom is -0.491 e. The highest BCUT2D eigenvalue weighted by atomic mass is 16.6. The Kier molecular flexibility index (Phi) is 29.1. The van der Waals surface area contributed by atoms with Gasteiger partial charge < -0.3 is 62.7 Å². The van der Waals surface area contributed by atoms with Gasteiger partial charge in [0.2, 0.25) is 0 Å². The Morgan fingerprint density at radius 1 is 0.395 bits per heavy atom. The quantitative estimate of drug-likeness (QED) is 0.0880. The number of hydrogen-bond donors (Lipinski definition) is 1. The van der Waals surface area contributed by atoms with Crippen LogP contribution in [0.25, 0.3) is 0 Å². The molecule has 0 bridgehead atoms. The highest BCUT2D eigenvalue weighted by Gasteiger charge is 1.97. The molecule has 13 heteroatoms. The second kappa shape index (κ2) is 31.8. The molecule has 1 aromatic carbocycles. The lowest BCUT2D eigenvalue weighted by Gasteiger charge is -2.10. The minimum absolute atomic E-state index is 0.478. The molecule has 43 heavy (non-hydrogen) atoms. The number of ether oxygens (including phenoxy) is 11. The van der Waals surface area contributed by atoms with E-state index in [0.717, 1.165) is 18.9 Å². The van der Waals surface area contributed by atoms with Crippen molar-refractivity contribution >= 4 is 5.69 Å². The highest BCUT2D eigenvalue weighted by molar-refractivity contribution is 5.41. The molecule has 0 aliphatic rings. The Balaban J connectivity index is 1.63. The number of nitrogens with zero attached hydrogens (tertiary/aromatic N) is 1. The number of nitrogen functional groups attached to an aromatic ring is 1. The number of likely N-dealkylation sites (N-methyl/N-ethyl adjacent to an activating group) is 1. The topological polar surface area (TPSA) is 131 Å². The fourth-order valence-corrected chi connectivity index (χ4v) is 3.11. The fourth-order valence-electron chi connectivity index (χ4n) is 3.11. The van der Waals surface area contributed by atoms with E-state index >= 15 is 0 Å². The lowest BCUT2D eigenvalue weighted by Crippen LogP contribution is -2.19. The van der Waals surface area contributed by atoms with Crippen LogP contribution in [0.4, 0.5) is 5.69 Å². The van der Waals surface area contributed by atoms with Gasteiger partial charge in [-0.05, 0) is 38.4 Å². The van der Waals surface area contributed by atoms with Gasteiger partial charge >= 0.3 is 0 Å². The smallest absolute Gasteiger partial charge is 0.119 e. The number of benzene rings is 1. The molecule has 0 aromatic heterocycles. The molecule has 0 atom stereocenters. The standard InChI is InChI=1S/C30H56N2O11/c1-32(2)7-8-33-9-10-34-11-12-35-13-14-36-15-16-37-17-18-38-19-20-39-21-22-40-23-24-41-25-26-42-27-28-43-30-5-3-29(31)4-6-30/h3-6H,7-28,31H2,1-2H3. The molecule has 252 valence electrons. The molecule has 0 fully saturated rings. The molecule has 0 amide bonds. The van der Waals surface area contributed by atoms with Crippen LogP contribution in [-0.2, 0) is 47.4 Å². The molecule has 0 radical (unpaired) electrons. The van der Waals surface area contributed by atoms with Crippen molar-refractivity contribution in [2.45, 2.75) is 0 Å². The van der Waals surface area contributed by atoms with E-state index in [1.807, 2.05) is 26.2 Å². The molecule has 0 heterocycles. The summed E-state index contributed by atoms with van der Waals surface area (Å²) in [7, 11) is 4.04. The molecule has 0 aliphatic carbocycles. The highest BCUT2D eigenvalue weighted by Crippen LogP contribution is 2.12. The van der Waals surface area contributed by atoms with Crippen LogP contribution in [0.5, 0.6) is 5.75 Å². The summed E-state index contributed by atoms with van der Waals surface area (Å²) in [6.07, 6.45) is 0. The predicted octanol–water partition coefficient (Wildman–Crippen LogP) is 1.38. The van der Waals surface area contributed by atoms with Gasteiger partial charge in [-0.2, -0.15) is 0 Å². The van der Waals surface area contributed by atoms with Crippen LogP contribution in [0.2, 0.25) is 0 Å². The normalized spacial score (nSPS) is 11.5. The molecule has 0 unspecified atom stereocenters. The summed E-state index contributed by atoms with van der Waals surface area (Å²) in [5.74, 6) is 0.773. The van der Waals surface area contributed by atoms with E-state index in [4.69, 9.17) is 57.8 Å². The van der Waals surface area contributed by atoms with Crippen molar-refractivity contribution in [3.63, 3.8) is 0 Å². The van der Waals surface area contributed by atoms with Crippen molar-refractivity contribution in [2.24, 2.45) is 0 Å². The summed E-state index contributed by atoms with van der Waals surface area (Å²) in [6, 6.07) is 7.27. The summed E-state index contributed by atoms with van der Waals surface area (Å²) in [5.41, 5.74) is 6.35. The molecule has 2 N–H and O–H groups in total. The number of nitrogens with two attached hydrogens (primary N) is 1. The predicted molar refractivity (Wildman–Crippen MR) is 163 cm³/mol. The Morgan fingerprint density at radius 2 is 0.651 bits per heavy atom. The van der Waals surface area contributed by atoms with E-state index in [9.17, 15) is 0 Å². The van der Waals surface area contributed by atoms with Crippen LogP contribution >= 0.6 is 0 Å². The van der Waals surface area contributed by atoms with Crippen molar-refractivity contribution < 1.29 is 52.1 Å². The Bertz CT molecular complexity index is 687. The maximum atomic E-state index is 5.64. The molecule has 0 saturated heterocycles. The average Bonchev–Trinajstić information content (AvgIpc) is 3.00. The minimum atomic E-state index is 0.478. The van der Waals surface area contributed by atoms with Crippen molar-refractivity contribution in [3.8, 4) is 5.75 Å². The summed E-state index contributed by atoms with van der Waals surface area (Å²) in [4.78, 5) is 2.08. The Labute approximate surface area is 258 Å². The van der Waals surface area contributed by atoms with Gasteiger partial charge in [-0.25, -0.2) is 0 Å². The molecular weight excluding hydrogens is 564 g/mol. The Morgan fingerprint density at radius 3 is 0.930 bits per heavy atom. The van der Waals surface area contributed by atoms with Gasteiger partial charge in [0.15, 0.2) is 0 Å². The molecule has 1 aromatic rings. The maximum absolute atomic E-state index is 5.64. The van der Waals surface area contributed by atoms with Crippen LogP contribution in [0.15, 0.2) is 24.3 Å². The van der Waals surface area contributed by atoms with Crippen molar-refractivity contribution in [1.29, 1.82) is 0 Å². The maximum Gasteiger partial charge on any atom is 0.119 e. The third-order valence-corrected chi connectivity index (χ3v) is 5.41. The van der Waals surface area contributed by atoms with Crippen molar-refractivity contribution in [2.75, 3.05) is 165 Å². The van der Waals surface area contributed by atoms with Crippen LogP contribution in [0.1, 0.15) is 0 Å². The van der Waals surface area contributed by atoms with Crippen LogP contribution in [0.3, 0.4) is 0 Å². The lowest BCUT2D eigenvalue weighted by molar-refractivity contribution is -0.0268. The molecule has 0 saturated carbocycles. The second-order valence-electron chi connectivity index (χ2n) is 9.34. The van der Waals surface area contributed by atoms with Crippen LogP contribution < -0.4 is 10.5 Å². The first kappa shape index (κ1) is 39.4. The molecular formula is C30H56N2O11. The number of anilines is 1. The monoisotopic (exact) mass is 620 g/mol. The molecule has 0 aliphatic heterocycles. The van der Waals surface area contributed by atoms with E-state index in [0.29, 0.717) is 138 Å². The third kappa shape index (κ3) is 30.2. The van der Waals surface area contributed by atoms with E-state index in [1.165, 1.54) is 0 Å². The first-order valence-corrected chi connectivity index (χ1v) is 15.1. The van der Waals surface area contributed by atoms with Gasteiger partial charge in [0.05, 0.1) is 132 Å². The van der Waals surface area contributed by atoms with Gasteiger partial charge in [0.25, 0.3) is 0 Å². The summed E-state index contributed by atoms with van der Waals surface area (Å²) in [6.45, 7) is 12.1. The van der Waals surface area contributed by atoms with Crippen molar-refractivity contribution in [3.05, 3.63) is 24.3 Å². The molecule has 1 rings (SSSR count). The zero-order valence-corrected chi connectivity index (χ0v) is 26.4. The largest absolute Gasteiger partial charge is 0.491 e. The van der Waals surface area contributed by atoms with E-state index in [2.05, 4.69) is 4.90 Å². The van der Waals surface area contributed by atoms with Gasteiger partial charge in [0, 0.05) is 12.2 Å². The van der Waals surface area contributed by atoms with Crippen LogP contribution in [0, 0.1) is 0 Å². The van der Waals surface area contributed by atoms with E-state index in [1.54, 1.807) is 12.1 Å². The third-order valence-electron chi connectivity index (χ3n) is 5.41. The zero-order valence-electron chi connectivity index (χ0n) is 26.4. The number of rotatable bonds is 34. The van der Waals surface area contributed by atoms with Gasteiger partial charge in [-0.15, -0.1) is 0 Å². The summed E-state index contributed by atoms with van der Waals surface area (Å²) < 4.78 is 60.2. The first-order valence-electron chi connectivity index (χ1n) is 15.1. The SMILES string of the molecule is CN(C)CCOCCOCCOCCOCCOCCOCCOCCOCCOCCOCCOc1ccc(N)cc1. The van der Waals surface area contributed by atoms with Crippen molar-refractivity contribution in [1.82, 2.24) is 4.90 Å². The van der Waals surface area contributed by atoms with Gasteiger partial charge in [-0.1, -0.05) is 0 Å². The first-order chi connectivity index (χ1) is 21.2. The summed E-state index contributed by atoms with van der Waals surface area (Å²) >= 11 is 0. The number of hydrogen-bond acceptors (Lipinski definition) is 13. The lowest BCUT2D eigenvalue weighted by atomic mass is 10.3. The Hall–Kier alpha value is -1.62. The average molecular weight is 621 g/mol. The molecule has 13 nitrogen and oxygen atoms in total. The fraction of sp³-hybridized carbons (Fsp3) is 0.800. The molecule has 0 spiro atoms. The van der Waals surface area contributed by atoms with Gasteiger partial charge in [0.1, 0.15) is 12.4 Å². The second-order valence-corrected chi connectivity index (χ2v) is 9.34.